The van der Waals surface area contributed by atoms with Gasteiger partial charge in [0.2, 0.25) is 0 Å². The maximum absolute atomic E-state index is 5.70. The molecule has 0 aliphatic heterocycles. The van der Waals surface area contributed by atoms with Crippen molar-refractivity contribution < 1.29 is 0 Å². The van der Waals surface area contributed by atoms with Gasteiger partial charge in [0.25, 0.3) is 0 Å². The fourth-order valence-electron chi connectivity index (χ4n) is 0.358. The van der Waals surface area contributed by atoms with E-state index in [4.69, 9.17) is 22.2 Å². The SMILES string of the molecule is Cl[SiH](Cl)[SiH2][SiH2][SiH2][GeH3]. The Balaban J connectivity index is 2.68. The second-order valence-electron chi connectivity index (χ2n) is 1.53. The Hall–Kier alpha value is 1.99. The summed E-state index contributed by atoms with van der Waals surface area (Å²) in [5.74, 6) is 0. The van der Waals surface area contributed by atoms with E-state index in [0.717, 1.165) is 0 Å². The molecule has 0 aliphatic carbocycles. The first-order valence-electron chi connectivity index (χ1n) is 2.55. The third kappa shape index (κ3) is 7.99. The molecular weight excluding hydrogens is 256 g/mol. The molecule has 0 fully saturated rings. The minimum absolute atomic E-state index is 0.263. The van der Waals surface area contributed by atoms with Crippen LogP contribution in [0.15, 0.2) is 0 Å². The van der Waals surface area contributed by atoms with Crippen LogP contribution in [0.1, 0.15) is 0 Å². The molecule has 0 aromatic carbocycles. The van der Waals surface area contributed by atoms with Crippen molar-refractivity contribution in [3.05, 3.63) is 0 Å². The van der Waals surface area contributed by atoms with Gasteiger partial charge in [0.1, 0.15) is 0 Å². The zero-order chi connectivity index (χ0) is 5.70. The van der Waals surface area contributed by atoms with Gasteiger partial charge >= 0.3 is 69.6 Å². The summed E-state index contributed by atoms with van der Waals surface area (Å²) in [5.41, 5.74) is 0. The summed E-state index contributed by atoms with van der Waals surface area (Å²) in [6.45, 7) is -0.978. The summed E-state index contributed by atoms with van der Waals surface area (Å²) in [7, 11) is 1.42. The third-order valence-corrected chi connectivity index (χ3v) is 83.8. The van der Waals surface area contributed by atoms with Gasteiger partial charge in [-0.25, -0.2) is 0 Å². The molecule has 0 spiro atoms. The van der Waals surface area contributed by atoms with Crippen LogP contribution < -0.4 is 0 Å². The van der Waals surface area contributed by atoms with Gasteiger partial charge in [-0.15, -0.1) is 0 Å². The van der Waals surface area contributed by atoms with E-state index in [1.165, 1.54) is 15.9 Å². The van der Waals surface area contributed by atoms with Gasteiger partial charge in [0.05, 0.1) is 0 Å². The fourth-order valence-corrected chi connectivity index (χ4v) is 123. The molecule has 0 nitrogen and oxygen atoms in total. The molecule has 0 heterocycles. The van der Waals surface area contributed by atoms with Gasteiger partial charge in [-0.3, -0.25) is 0 Å². The molecule has 0 amide bonds. The second-order valence-corrected chi connectivity index (χ2v) is 51.3. The molecule has 0 bridgehead atoms. The van der Waals surface area contributed by atoms with Crippen LogP contribution in [0.5, 0.6) is 0 Å². The molecule has 0 unspecified atom stereocenters. The Labute approximate surface area is 69.2 Å². The van der Waals surface area contributed by atoms with Crippen molar-refractivity contribution in [2.75, 3.05) is 0 Å². The van der Waals surface area contributed by atoms with Crippen LogP contribution in [0, 0.1) is 0 Å². The standard InChI is InChI=1S/Cl2GeH10Si4/c1-7(2)6-5-4-3/h7H,4-6H2,3H3. The Kier molecular flexibility index (Phi) is 7.85. The normalized spacial score (nSPS) is 15.9. The first-order valence-corrected chi connectivity index (χ1v) is 27.6. The summed E-state index contributed by atoms with van der Waals surface area (Å²) in [6.07, 6.45) is 0. The molecule has 0 N–H and O–H groups in total. The minimum atomic E-state index is -0.978. The Morgan fingerprint density at radius 2 is 2.00 bits per heavy atom. The number of hydrogen-bond donors (Lipinski definition) is 0. The average molecular weight is 266 g/mol. The van der Waals surface area contributed by atoms with Crippen molar-refractivity contribution in [3.63, 3.8) is 0 Å². The summed E-state index contributed by atoms with van der Waals surface area (Å²) in [5, 5.41) is 0. The fraction of sp³-hybridized carbons (Fsp3) is 0. The van der Waals surface area contributed by atoms with Crippen LogP contribution in [-0.2, 0) is 0 Å². The zero-order valence-corrected chi connectivity index (χ0v) is 15.6. The monoisotopic (exact) mass is 266 g/mol. The van der Waals surface area contributed by atoms with Gasteiger partial charge in [-0.05, 0) is 0 Å². The molecule has 44 valence electrons. The van der Waals surface area contributed by atoms with E-state index in [0.29, 0.717) is 16.1 Å². The number of halogens is 2. The van der Waals surface area contributed by atoms with Gasteiger partial charge in [0, 0.05) is 0 Å². The predicted molar refractivity (Wildman–Crippen MR) is 54.4 cm³/mol. The molecule has 0 saturated heterocycles. The van der Waals surface area contributed by atoms with Gasteiger partial charge in [0.15, 0.2) is 0 Å². The van der Waals surface area contributed by atoms with E-state index >= 15 is 0 Å². The van der Waals surface area contributed by atoms with E-state index in [1.807, 2.05) is 0 Å². The van der Waals surface area contributed by atoms with Crippen LogP contribution >= 0.6 is 22.2 Å². The second kappa shape index (κ2) is 6.12. The predicted octanol–water partition coefficient (Wildman–Crippen LogP) is -3.20. The summed E-state index contributed by atoms with van der Waals surface area (Å²) in [4.78, 5) is 0. The van der Waals surface area contributed by atoms with E-state index < -0.39 is 6.93 Å². The Morgan fingerprint density at radius 3 is 2.14 bits per heavy atom. The van der Waals surface area contributed by atoms with Crippen molar-refractivity contribution in [1.82, 2.24) is 0 Å². The molecule has 7 heavy (non-hydrogen) atoms. The van der Waals surface area contributed by atoms with Crippen molar-refractivity contribution in [2.24, 2.45) is 0 Å². The third-order valence-electron chi connectivity index (χ3n) is 0.776. The summed E-state index contributed by atoms with van der Waals surface area (Å²) < 4.78 is 0. The van der Waals surface area contributed by atoms with E-state index in [9.17, 15) is 0 Å². The van der Waals surface area contributed by atoms with E-state index in [1.54, 1.807) is 0 Å². The average Bonchev–Trinajstić information content (AvgIpc) is 1.61. The van der Waals surface area contributed by atoms with Gasteiger partial charge in [-0.1, -0.05) is 0 Å². The maximum atomic E-state index is 5.70. The Bertz CT molecular complexity index is 38.7. The summed E-state index contributed by atoms with van der Waals surface area (Å²) >= 11 is 12.6. The first kappa shape index (κ1) is 8.99. The molecule has 0 aromatic rings. The van der Waals surface area contributed by atoms with Crippen LogP contribution in [0.2, 0.25) is 0 Å². The number of hydrogen-bond acceptors (Lipinski definition) is 0. The summed E-state index contributed by atoms with van der Waals surface area (Å²) in [6, 6.07) is 0. The Morgan fingerprint density at radius 1 is 1.43 bits per heavy atom. The molecule has 0 rings (SSSR count). The molecule has 0 aliphatic rings. The van der Waals surface area contributed by atoms with E-state index in [-0.39, 0.29) is 8.55 Å². The van der Waals surface area contributed by atoms with E-state index in [2.05, 4.69) is 0 Å². The van der Waals surface area contributed by atoms with Crippen molar-refractivity contribution in [2.45, 2.75) is 0 Å². The topological polar surface area (TPSA) is 0 Å². The van der Waals surface area contributed by atoms with Gasteiger partial charge < -0.3 is 0 Å². The number of rotatable bonds is 3. The van der Waals surface area contributed by atoms with Crippen molar-refractivity contribution >= 4 is 69.6 Å². The molecule has 0 atom stereocenters. The molecule has 0 saturated carbocycles. The van der Waals surface area contributed by atoms with Crippen LogP contribution in [-0.4, -0.2) is 47.5 Å². The van der Waals surface area contributed by atoms with Crippen LogP contribution in [0.3, 0.4) is 0 Å². The van der Waals surface area contributed by atoms with Crippen molar-refractivity contribution in [1.29, 1.82) is 0 Å². The van der Waals surface area contributed by atoms with Crippen molar-refractivity contribution in [3.8, 4) is 0 Å². The zero-order valence-electron chi connectivity index (χ0n) is 4.45. The molecular formula is H10Cl2GeSi4. The van der Waals surface area contributed by atoms with Crippen LogP contribution in [0.4, 0.5) is 0 Å². The van der Waals surface area contributed by atoms with Gasteiger partial charge in [-0.2, -0.15) is 0 Å². The molecule has 0 radical (unpaired) electrons. The quantitative estimate of drug-likeness (QED) is 0.373. The molecule has 0 aromatic heterocycles. The molecule has 7 heteroatoms. The van der Waals surface area contributed by atoms with Crippen LogP contribution in [0.25, 0.3) is 0 Å². The first-order chi connectivity index (χ1) is 3.27.